The van der Waals surface area contributed by atoms with E-state index in [4.69, 9.17) is 27.9 Å². The molecule has 0 aromatic heterocycles. The summed E-state index contributed by atoms with van der Waals surface area (Å²) >= 11 is -0.472. The van der Waals surface area contributed by atoms with Crippen LogP contribution < -0.4 is 0 Å². The quantitative estimate of drug-likeness (QED) is 0.187. The van der Waals surface area contributed by atoms with Crippen molar-refractivity contribution in [2.75, 3.05) is 23.0 Å². The second kappa shape index (κ2) is 23.7. The number of rotatable bonds is 7. The molecule has 0 aliphatic carbocycles. The Hall–Kier alpha value is 3.71. The fraction of sp³-hybridized carbons (Fsp3) is 1.00. The van der Waals surface area contributed by atoms with Gasteiger partial charge in [0.25, 0.3) is 20.2 Å². The van der Waals surface area contributed by atoms with E-state index in [2.05, 4.69) is 0 Å². The van der Waals surface area contributed by atoms with Gasteiger partial charge < -0.3 is 12.3 Å². The summed E-state index contributed by atoms with van der Waals surface area (Å²) in [4.78, 5) is 0. The fourth-order valence-electron chi connectivity index (χ4n) is 0.397. The Morgan fingerprint density at radius 3 is 1.14 bits per heavy atom. The molecule has 2 radical (unpaired) electrons. The molecule has 0 heterocycles. The molecule has 0 aromatic rings. The first-order valence-corrected chi connectivity index (χ1v) is 14.9. The van der Waals surface area contributed by atoms with Gasteiger partial charge in [-0.25, -0.2) is 0 Å². The molecule has 0 saturated carbocycles. The van der Waals surface area contributed by atoms with Gasteiger partial charge in [-0.3, -0.25) is 9.11 Å². The molecule has 0 saturated heterocycles. The molecular formula is C4H14Cl2N2Na2O6PtS4. The van der Waals surface area contributed by atoms with Crippen LogP contribution in [0.3, 0.4) is 0 Å². The van der Waals surface area contributed by atoms with Crippen LogP contribution in [-0.2, 0) is 36.7 Å². The van der Waals surface area contributed by atoms with E-state index in [1.54, 1.807) is 0 Å². The first-order chi connectivity index (χ1) is 7.62. The van der Waals surface area contributed by atoms with Crippen LogP contribution in [0, 0.1) is 0 Å². The van der Waals surface area contributed by atoms with Gasteiger partial charge in [0.05, 0.1) is 11.5 Å². The van der Waals surface area contributed by atoms with E-state index < -0.39 is 36.7 Å². The van der Waals surface area contributed by atoms with Crippen molar-refractivity contribution in [2.45, 2.75) is 0 Å². The third-order valence-corrected chi connectivity index (χ3v) is 5.30. The first kappa shape index (κ1) is 39.7. The van der Waals surface area contributed by atoms with Gasteiger partial charge in [0.15, 0.2) is 0 Å². The van der Waals surface area contributed by atoms with Crippen molar-refractivity contribution in [2.24, 2.45) is 0 Å². The average molecular weight is 626 g/mol. The van der Waals surface area contributed by atoms with E-state index in [9.17, 15) is 16.8 Å². The monoisotopic (exact) mass is 625 g/mol. The molecule has 21 heavy (non-hydrogen) atoms. The molecule has 0 aromatic carbocycles. The number of hydrogen-bond donors (Lipinski definition) is 2. The Kier molecular flexibility index (Phi) is 44.8. The molecule has 6 N–H and O–H groups in total. The minimum atomic E-state index is -3.94. The SMILES string of the molecule is O=S(=O)(O)CCSSCCS(=O)(=O)O.[Cl][Pt+2][Cl].[NH2-].[NH2-].[Na].[Na]. The Morgan fingerprint density at radius 2 is 1.00 bits per heavy atom. The van der Waals surface area contributed by atoms with E-state index in [1.807, 2.05) is 0 Å². The Bertz CT molecular complexity index is 352. The molecule has 0 aliphatic heterocycles. The van der Waals surface area contributed by atoms with E-state index in [1.165, 1.54) is 0 Å². The van der Waals surface area contributed by atoms with Crippen molar-refractivity contribution in [1.29, 1.82) is 0 Å². The number of halogens is 2. The molecule has 126 valence electrons. The van der Waals surface area contributed by atoms with Crippen molar-refractivity contribution in [3.8, 4) is 0 Å². The van der Waals surface area contributed by atoms with E-state index in [0.717, 1.165) is 21.6 Å². The summed E-state index contributed by atoms with van der Waals surface area (Å²) in [6.07, 6.45) is 0. The van der Waals surface area contributed by atoms with Gasteiger partial charge in [0.2, 0.25) is 0 Å². The maximum atomic E-state index is 10.2. The molecule has 0 bridgehead atoms. The number of hydrogen-bond acceptors (Lipinski definition) is 6. The van der Waals surface area contributed by atoms with Gasteiger partial charge in [-0.1, -0.05) is 21.6 Å². The smallest absolute Gasteiger partial charge is 0 e. The van der Waals surface area contributed by atoms with Crippen LogP contribution in [0.15, 0.2) is 0 Å². The van der Waals surface area contributed by atoms with Gasteiger partial charge in [-0.05, 0) is 0 Å². The maximum Gasteiger partial charge on any atom is 0 e. The Morgan fingerprint density at radius 1 is 0.810 bits per heavy atom. The minimum Gasteiger partial charge on any atom is -0.693 e. The largest absolute Gasteiger partial charge is 0.693 e. The van der Waals surface area contributed by atoms with Gasteiger partial charge in [0.1, 0.15) is 0 Å². The Balaban J connectivity index is -0.0000000738. The van der Waals surface area contributed by atoms with Crippen LogP contribution >= 0.6 is 40.4 Å². The van der Waals surface area contributed by atoms with Crippen LogP contribution in [-0.4, -0.2) is 108 Å². The first-order valence-electron chi connectivity index (χ1n) is 3.59. The van der Waals surface area contributed by atoms with E-state index in [0.29, 0.717) is 0 Å². The van der Waals surface area contributed by atoms with Crippen LogP contribution in [0.4, 0.5) is 0 Å². The van der Waals surface area contributed by atoms with Crippen molar-refractivity contribution in [3.63, 3.8) is 0 Å². The predicted molar refractivity (Wildman–Crippen MR) is 91.5 cm³/mol. The second-order valence-electron chi connectivity index (χ2n) is 2.26. The van der Waals surface area contributed by atoms with E-state index >= 15 is 0 Å². The predicted octanol–water partition coefficient (Wildman–Crippen LogP) is 2.19. The molecule has 0 fully saturated rings. The summed E-state index contributed by atoms with van der Waals surface area (Å²) in [7, 11) is 4.11. The van der Waals surface area contributed by atoms with E-state index in [-0.39, 0.29) is 94.4 Å². The molecular weight excluding hydrogens is 612 g/mol. The summed E-state index contributed by atoms with van der Waals surface area (Å²) in [5.41, 5.74) is 0. The molecule has 0 unspecified atom stereocenters. The van der Waals surface area contributed by atoms with Crippen LogP contribution in [0.25, 0.3) is 12.3 Å². The molecule has 17 heteroatoms. The maximum absolute atomic E-state index is 10.2. The zero-order valence-electron chi connectivity index (χ0n) is 11.2. The standard InChI is InChI=1S/C4H10O6S4.2ClH.2H2N.2Na.Pt/c5-13(6,7)3-1-11-12-2-4-14(8,9)10;;;;;;;/h1-4H2,(H,5,6,7)(H,8,9,10);2*1H;2*1H2;;;/q;;;2*-1;;;+4/p-2. The van der Waals surface area contributed by atoms with Crippen molar-refractivity contribution >= 4 is 120 Å². The molecule has 0 aliphatic rings. The summed E-state index contributed by atoms with van der Waals surface area (Å²) in [5.74, 6) is -0.378. The third kappa shape index (κ3) is 51.6. The second-order valence-corrected chi connectivity index (χ2v) is 11.4. The van der Waals surface area contributed by atoms with Crippen molar-refractivity contribution in [3.05, 3.63) is 12.3 Å². The zero-order chi connectivity index (χ0) is 13.9. The van der Waals surface area contributed by atoms with Crippen molar-refractivity contribution < 1.29 is 42.4 Å². The average Bonchev–Trinajstić information content (AvgIpc) is 2.09. The van der Waals surface area contributed by atoms with Crippen LogP contribution in [0.1, 0.15) is 0 Å². The van der Waals surface area contributed by atoms with Crippen molar-refractivity contribution in [1.82, 2.24) is 0 Å². The summed E-state index contributed by atoms with van der Waals surface area (Å²) in [5, 5.41) is 0. The molecule has 0 rings (SSSR count). The van der Waals surface area contributed by atoms with Gasteiger partial charge >= 0.3 is 35.3 Å². The minimum absolute atomic E-state index is 0. The molecule has 0 spiro atoms. The van der Waals surface area contributed by atoms with Crippen LogP contribution in [0.5, 0.6) is 0 Å². The third-order valence-electron chi connectivity index (χ3n) is 0.933. The topological polar surface area (TPSA) is 176 Å². The molecule has 8 nitrogen and oxygen atoms in total. The summed E-state index contributed by atoms with van der Waals surface area (Å²) < 4.78 is 57.5. The molecule has 0 amide bonds. The summed E-state index contributed by atoms with van der Waals surface area (Å²) in [6, 6.07) is 0. The van der Waals surface area contributed by atoms with Crippen LogP contribution in [0.2, 0.25) is 0 Å². The van der Waals surface area contributed by atoms with Gasteiger partial charge in [-0.2, -0.15) is 16.8 Å². The van der Waals surface area contributed by atoms with Gasteiger partial charge in [-0.15, -0.1) is 0 Å². The van der Waals surface area contributed by atoms with Gasteiger partial charge in [0, 0.05) is 70.6 Å². The Labute approximate surface area is 194 Å². The number of nitrogens with two attached hydrogens (primary N) is 2. The fourth-order valence-corrected chi connectivity index (χ4v) is 4.79. The summed E-state index contributed by atoms with van der Waals surface area (Å²) in [6.45, 7) is 0. The zero-order valence-corrected chi connectivity index (χ0v) is 22.3. The molecule has 0 atom stereocenters. The normalized spacial score (nSPS) is 9.71.